The standard InChI is InChI=1S/C25H32N2O2/c28-23(21-4-2-1-3-5-21)18-26-15-12-25(13-16-26)14-17-27(24(25)29)22-10-8-20(9-11-22)19-6-7-19/h1-5,8,10-11,19-20,23,28H,6-7,9,12-18H2/t20?,23-/m0/s1. The average Bonchev–Trinajstić information content (AvgIpc) is 3.57. The molecule has 5 rings (SSSR count). The van der Waals surface area contributed by atoms with Crippen molar-refractivity contribution in [1.29, 1.82) is 0 Å². The van der Waals surface area contributed by atoms with Gasteiger partial charge in [-0.15, -0.1) is 0 Å². The molecular formula is C25H32N2O2. The monoisotopic (exact) mass is 392 g/mol. The number of likely N-dealkylation sites (tertiary alicyclic amines) is 2. The van der Waals surface area contributed by atoms with E-state index in [1.165, 1.54) is 12.8 Å². The molecule has 1 saturated carbocycles. The normalized spacial score (nSPS) is 28.0. The van der Waals surface area contributed by atoms with E-state index in [4.69, 9.17) is 0 Å². The number of hydrogen-bond acceptors (Lipinski definition) is 3. The van der Waals surface area contributed by atoms with Gasteiger partial charge in [0.25, 0.3) is 0 Å². The number of nitrogens with zero attached hydrogens (tertiary/aromatic N) is 2. The van der Waals surface area contributed by atoms with E-state index < -0.39 is 6.10 Å². The Kier molecular flexibility index (Phi) is 5.09. The number of piperidine rings is 1. The molecule has 1 unspecified atom stereocenters. The minimum atomic E-state index is -0.460. The highest BCUT2D eigenvalue weighted by Crippen LogP contribution is 2.45. The number of β-amino-alcohol motifs (C(OH)–C–C–N with tert-alkyl or cyclic N) is 1. The molecule has 2 aliphatic heterocycles. The van der Waals surface area contributed by atoms with E-state index in [1.807, 2.05) is 35.2 Å². The summed E-state index contributed by atoms with van der Waals surface area (Å²) in [4.78, 5) is 17.7. The van der Waals surface area contributed by atoms with Crippen LogP contribution >= 0.6 is 0 Å². The molecule has 4 aliphatic rings. The number of hydrogen-bond donors (Lipinski definition) is 1. The molecule has 4 nitrogen and oxygen atoms in total. The zero-order valence-electron chi connectivity index (χ0n) is 17.2. The average molecular weight is 393 g/mol. The lowest BCUT2D eigenvalue weighted by molar-refractivity contribution is -0.136. The van der Waals surface area contributed by atoms with Crippen LogP contribution in [0.3, 0.4) is 0 Å². The molecule has 3 fully saturated rings. The van der Waals surface area contributed by atoms with Crippen molar-refractivity contribution in [3.8, 4) is 0 Å². The maximum atomic E-state index is 13.3. The summed E-state index contributed by atoms with van der Waals surface area (Å²) < 4.78 is 0. The lowest BCUT2D eigenvalue weighted by Crippen LogP contribution is -2.45. The number of carbonyl (C=O) groups excluding carboxylic acids is 1. The highest BCUT2D eigenvalue weighted by Gasteiger charge is 2.49. The van der Waals surface area contributed by atoms with Gasteiger partial charge in [0.2, 0.25) is 5.91 Å². The third-order valence-corrected chi connectivity index (χ3v) is 7.59. The van der Waals surface area contributed by atoms with Gasteiger partial charge in [-0.3, -0.25) is 4.79 Å². The van der Waals surface area contributed by atoms with Crippen LogP contribution in [0.2, 0.25) is 0 Å². The van der Waals surface area contributed by atoms with Crippen molar-refractivity contribution < 1.29 is 9.90 Å². The first-order valence-electron chi connectivity index (χ1n) is 11.3. The SMILES string of the molecule is O=C1N(C2=CCC(C3CC3)C=C2)CCC12CCN(C[C@H](O)c1ccccc1)CC2. The van der Waals surface area contributed by atoms with Gasteiger partial charge in [-0.2, -0.15) is 0 Å². The molecule has 154 valence electrons. The number of amides is 1. The number of rotatable bonds is 5. The molecule has 2 heterocycles. The van der Waals surface area contributed by atoms with Gasteiger partial charge in [0.15, 0.2) is 0 Å². The minimum absolute atomic E-state index is 0.184. The van der Waals surface area contributed by atoms with Crippen LogP contribution in [0.15, 0.2) is 54.3 Å². The molecule has 0 aromatic heterocycles. The Morgan fingerprint density at radius 2 is 1.79 bits per heavy atom. The summed E-state index contributed by atoms with van der Waals surface area (Å²) in [5.74, 6) is 1.92. The van der Waals surface area contributed by atoms with Crippen LogP contribution in [0, 0.1) is 17.3 Å². The molecule has 0 bridgehead atoms. The van der Waals surface area contributed by atoms with Crippen molar-refractivity contribution in [3.63, 3.8) is 0 Å². The molecule has 1 aromatic carbocycles. The summed E-state index contributed by atoms with van der Waals surface area (Å²) in [6, 6.07) is 9.87. The van der Waals surface area contributed by atoms with Gasteiger partial charge in [-0.05, 0) is 75.1 Å². The maximum absolute atomic E-state index is 13.3. The Bertz CT molecular complexity index is 803. The Morgan fingerprint density at radius 3 is 2.45 bits per heavy atom. The van der Waals surface area contributed by atoms with Crippen LogP contribution < -0.4 is 0 Å². The zero-order valence-corrected chi connectivity index (χ0v) is 17.2. The third-order valence-electron chi connectivity index (χ3n) is 7.59. The molecule has 4 heteroatoms. The molecular weight excluding hydrogens is 360 g/mol. The van der Waals surface area contributed by atoms with Crippen molar-refractivity contribution in [2.75, 3.05) is 26.2 Å². The third kappa shape index (κ3) is 3.80. The first-order valence-corrected chi connectivity index (χ1v) is 11.3. The topological polar surface area (TPSA) is 43.8 Å². The lowest BCUT2D eigenvalue weighted by atomic mass is 9.77. The van der Waals surface area contributed by atoms with Gasteiger partial charge >= 0.3 is 0 Å². The Morgan fingerprint density at radius 1 is 1.07 bits per heavy atom. The Hall–Kier alpha value is -1.91. The number of benzene rings is 1. The molecule has 2 atom stereocenters. The first-order chi connectivity index (χ1) is 14.1. The van der Waals surface area contributed by atoms with Crippen LogP contribution in [0.5, 0.6) is 0 Å². The maximum Gasteiger partial charge on any atom is 0.233 e. The molecule has 0 radical (unpaired) electrons. The molecule has 1 N–H and O–H groups in total. The van der Waals surface area contributed by atoms with Gasteiger partial charge in [0.05, 0.1) is 11.5 Å². The fourth-order valence-electron chi connectivity index (χ4n) is 5.42. The fourth-order valence-corrected chi connectivity index (χ4v) is 5.42. The van der Waals surface area contributed by atoms with Crippen molar-refractivity contribution in [2.24, 2.45) is 17.3 Å². The van der Waals surface area contributed by atoms with Crippen LogP contribution in [-0.4, -0.2) is 47.0 Å². The van der Waals surface area contributed by atoms with Crippen molar-refractivity contribution >= 4 is 5.91 Å². The van der Waals surface area contributed by atoms with E-state index in [1.54, 1.807) is 0 Å². The number of carbonyl (C=O) groups is 1. The van der Waals surface area contributed by atoms with Crippen molar-refractivity contribution in [1.82, 2.24) is 9.80 Å². The lowest BCUT2D eigenvalue weighted by Gasteiger charge is -2.38. The van der Waals surface area contributed by atoms with E-state index in [0.29, 0.717) is 18.4 Å². The Balaban J connectivity index is 1.17. The predicted molar refractivity (Wildman–Crippen MR) is 114 cm³/mol. The summed E-state index contributed by atoms with van der Waals surface area (Å²) in [5.41, 5.74) is 1.91. The summed E-state index contributed by atoms with van der Waals surface area (Å²) in [5, 5.41) is 10.5. The van der Waals surface area contributed by atoms with Crippen molar-refractivity contribution in [3.05, 3.63) is 59.8 Å². The summed E-state index contributed by atoms with van der Waals surface area (Å²) >= 11 is 0. The fraction of sp³-hybridized carbons (Fsp3) is 0.560. The van der Waals surface area contributed by atoms with Crippen molar-refractivity contribution in [2.45, 2.75) is 44.6 Å². The molecule has 1 amide bonds. The first kappa shape index (κ1) is 19.1. The number of aliphatic hydroxyl groups is 1. The number of allylic oxidation sites excluding steroid dienone is 3. The van der Waals surface area contributed by atoms with Crippen LogP contribution in [0.25, 0.3) is 0 Å². The van der Waals surface area contributed by atoms with E-state index in [9.17, 15) is 9.90 Å². The second-order valence-corrected chi connectivity index (χ2v) is 9.44. The van der Waals surface area contributed by atoms with Gasteiger partial charge in [0, 0.05) is 18.8 Å². The van der Waals surface area contributed by atoms with Crippen LogP contribution in [0.4, 0.5) is 0 Å². The molecule has 1 spiro atoms. The smallest absolute Gasteiger partial charge is 0.233 e. The molecule has 2 saturated heterocycles. The summed E-state index contributed by atoms with van der Waals surface area (Å²) in [6.07, 6.45) is 13.0. The van der Waals surface area contributed by atoms with Crippen LogP contribution in [0.1, 0.15) is 50.2 Å². The number of aliphatic hydroxyl groups excluding tert-OH is 1. The largest absolute Gasteiger partial charge is 0.387 e. The molecule has 2 aliphatic carbocycles. The van der Waals surface area contributed by atoms with E-state index >= 15 is 0 Å². The summed E-state index contributed by atoms with van der Waals surface area (Å²) in [7, 11) is 0. The van der Waals surface area contributed by atoms with E-state index in [2.05, 4.69) is 23.1 Å². The predicted octanol–water partition coefficient (Wildman–Crippen LogP) is 3.90. The minimum Gasteiger partial charge on any atom is -0.387 e. The second-order valence-electron chi connectivity index (χ2n) is 9.44. The van der Waals surface area contributed by atoms with Gasteiger partial charge in [-0.25, -0.2) is 0 Å². The van der Waals surface area contributed by atoms with E-state index in [0.717, 1.165) is 62.5 Å². The van der Waals surface area contributed by atoms with Gasteiger partial charge in [-0.1, -0.05) is 42.5 Å². The second kappa shape index (κ2) is 7.73. The summed E-state index contributed by atoms with van der Waals surface area (Å²) in [6.45, 7) is 3.29. The highest BCUT2D eigenvalue weighted by molar-refractivity contribution is 5.87. The van der Waals surface area contributed by atoms with Gasteiger partial charge < -0.3 is 14.9 Å². The zero-order chi connectivity index (χ0) is 19.8. The molecule has 1 aromatic rings. The highest BCUT2D eigenvalue weighted by atomic mass is 16.3. The van der Waals surface area contributed by atoms with Crippen LogP contribution in [-0.2, 0) is 4.79 Å². The Labute approximate surface area is 173 Å². The molecule has 29 heavy (non-hydrogen) atoms. The van der Waals surface area contributed by atoms with E-state index in [-0.39, 0.29) is 5.41 Å². The van der Waals surface area contributed by atoms with Gasteiger partial charge in [0.1, 0.15) is 0 Å². The quantitative estimate of drug-likeness (QED) is 0.826.